The van der Waals surface area contributed by atoms with Gasteiger partial charge in [0, 0.05) is 11.6 Å². The zero-order chi connectivity index (χ0) is 12.8. The lowest BCUT2D eigenvalue weighted by Crippen LogP contribution is -2.34. The molecule has 1 aliphatic heterocycles. The number of aryl methyl sites for hydroxylation is 1. The molecule has 1 aliphatic rings. The van der Waals surface area contributed by atoms with Crippen molar-refractivity contribution in [3.63, 3.8) is 0 Å². The summed E-state index contributed by atoms with van der Waals surface area (Å²) in [6.45, 7) is 4.06. The fourth-order valence-corrected chi connectivity index (χ4v) is 2.45. The smallest absolute Gasteiger partial charge is 0.227 e. The van der Waals surface area contributed by atoms with Gasteiger partial charge in [0.15, 0.2) is 0 Å². The van der Waals surface area contributed by atoms with Crippen molar-refractivity contribution in [1.82, 2.24) is 5.32 Å². The lowest BCUT2D eigenvalue weighted by Gasteiger charge is -2.22. The van der Waals surface area contributed by atoms with Gasteiger partial charge >= 0.3 is 0 Å². The van der Waals surface area contributed by atoms with Crippen molar-refractivity contribution < 1.29 is 4.79 Å². The Labute approximate surface area is 109 Å². The quantitative estimate of drug-likeness (QED) is 0.857. The van der Waals surface area contributed by atoms with Gasteiger partial charge in [0.25, 0.3) is 0 Å². The molecule has 3 heteroatoms. The Morgan fingerprint density at radius 3 is 2.78 bits per heavy atom. The summed E-state index contributed by atoms with van der Waals surface area (Å²) < 4.78 is 0. The molecule has 98 valence electrons. The van der Waals surface area contributed by atoms with E-state index >= 15 is 0 Å². The van der Waals surface area contributed by atoms with E-state index < -0.39 is 0 Å². The number of hydrogen-bond acceptors (Lipinski definition) is 2. The summed E-state index contributed by atoms with van der Waals surface area (Å²) in [5.74, 6) is 0.348. The van der Waals surface area contributed by atoms with Crippen LogP contribution in [0.3, 0.4) is 0 Å². The number of hydrogen-bond donors (Lipinski definition) is 2. The van der Waals surface area contributed by atoms with Crippen molar-refractivity contribution in [2.75, 3.05) is 18.4 Å². The largest absolute Gasteiger partial charge is 0.326 e. The summed E-state index contributed by atoms with van der Waals surface area (Å²) in [5.41, 5.74) is 2.23. The minimum absolute atomic E-state index is 0.168. The second-order valence-corrected chi connectivity index (χ2v) is 4.92. The van der Waals surface area contributed by atoms with Crippen LogP contribution < -0.4 is 10.6 Å². The van der Waals surface area contributed by atoms with Crippen LogP contribution in [0, 0.1) is 5.92 Å². The maximum Gasteiger partial charge on any atom is 0.227 e. The summed E-state index contributed by atoms with van der Waals surface area (Å²) in [4.78, 5) is 12.2. The maximum atomic E-state index is 12.2. The molecule has 18 heavy (non-hydrogen) atoms. The minimum Gasteiger partial charge on any atom is -0.326 e. The molecule has 1 fully saturated rings. The third-order valence-corrected chi connectivity index (χ3v) is 3.50. The van der Waals surface area contributed by atoms with Crippen LogP contribution in [-0.4, -0.2) is 19.0 Å². The van der Waals surface area contributed by atoms with E-state index in [-0.39, 0.29) is 11.8 Å². The molecule has 3 nitrogen and oxygen atoms in total. The van der Waals surface area contributed by atoms with Gasteiger partial charge in [-0.25, -0.2) is 0 Å². The van der Waals surface area contributed by atoms with Gasteiger partial charge in [-0.05, 0) is 44.0 Å². The normalized spacial score (nSPS) is 16.5. The third-order valence-electron chi connectivity index (χ3n) is 3.50. The van der Waals surface area contributed by atoms with Gasteiger partial charge < -0.3 is 10.6 Å². The number of rotatable bonds is 4. The lowest BCUT2D eigenvalue weighted by molar-refractivity contribution is -0.120. The molecule has 1 heterocycles. The Bertz CT molecular complexity index is 397. The van der Waals surface area contributed by atoms with E-state index in [1.54, 1.807) is 0 Å². The van der Waals surface area contributed by atoms with Crippen molar-refractivity contribution in [1.29, 1.82) is 0 Å². The Balaban J connectivity index is 2.01. The molecule has 1 amide bonds. The highest BCUT2D eigenvalue weighted by molar-refractivity contribution is 5.93. The predicted octanol–water partition coefficient (Wildman–Crippen LogP) is 2.58. The fourth-order valence-electron chi connectivity index (χ4n) is 2.45. The van der Waals surface area contributed by atoms with Gasteiger partial charge in [0.2, 0.25) is 5.91 Å². The summed E-state index contributed by atoms with van der Waals surface area (Å²) in [5, 5.41) is 6.38. The highest BCUT2D eigenvalue weighted by Crippen LogP contribution is 2.20. The molecule has 0 aromatic heterocycles. The Morgan fingerprint density at radius 2 is 2.06 bits per heavy atom. The first-order chi connectivity index (χ1) is 8.81. The van der Waals surface area contributed by atoms with Gasteiger partial charge in [-0.2, -0.15) is 0 Å². The molecule has 0 spiro atoms. The van der Waals surface area contributed by atoms with Crippen LogP contribution in [-0.2, 0) is 11.2 Å². The fraction of sp³-hybridized carbons (Fsp3) is 0.533. The van der Waals surface area contributed by atoms with Crippen LogP contribution in [0.25, 0.3) is 0 Å². The molecule has 2 rings (SSSR count). The summed E-state index contributed by atoms with van der Waals surface area (Å²) in [6.07, 6.45) is 4.01. The molecule has 1 aromatic carbocycles. The second kappa shape index (κ2) is 6.55. The molecule has 0 unspecified atom stereocenters. The predicted molar refractivity (Wildman–Crippen MR) is 74.7 cm³/mol. The van der Waals surface area contributed by atoms with Crippen molar-refractivity contribution in [3.8, 4) is 0 Å². The van der Waals surface area contributed by atoms with E-state index in [1.807, 2.05) is 18.2 Å². The minimum atomic E-state index is 0.168. The highest BCUT2D eigenvalue weighted by Gasteiger charge is 2.21. The van der Waals surface area contributed by atoms with E-state index in [4.69, 9.17) is 0 Å². The molecular formula is C15H22N2O. The van der Waals surface area contributed by atoms with Gasteiger partial charge in [-0.1, -0.05) is 31.5 Å². The van der Waals surface area contributed by atoms with Crippen molar-refractivity contribution in [3.05, 3.63) is 29.8 Å². The van der Waals surface area contributed by atoms with Crippen LogP contribution >= 0.6 is 0 Å². The number of nitrogens with one attached hydrogen (secondary N) is 2. The zero-order valence-corrected chi connectivity index (χ0v) is 11.0. The van der Waals surface area contributed by atoms with E-state index in [1.165, 1.54) is 5.56 Å². The first kappa shape index (κ1) is 13.1. The first-order valence-electron chi connectivity index (χ1n) is 6.90. The summed E-state index contributed by atoms with van der Waals surface area (Å²) in [7, 11) is 0. The van der Waals surface area contributed by atoms with Gasteiger partial charge in [-0.3, -0.25) is 4.79 Å². The molecule has 0 radical (unpaired) electrons. The Hall–Kier alpha value is -1.35. The van der Waals surface area contributed by atoms with E-state index in [2.05, 4.69) is 23.6 Å². The molecule has 0 aliphatic carbocycles. The highest BCUT2D eigenvalue weighted by atomic mass is 16.1. The number of benzene rings is 1. The van der Waals surface area contributed by atoms with Crippen LogP contribution in [0.15, 0.2) is 24.3 Å². The van der Waals surface area contributed by atoms with Crippen LogP contribution in [0.5, 0.6) is 0 Å². The molecule has 0 saturated carbocycles. The topological polar surface area (TPSA) is 41.1 Å². The number of para-hydroxylation sites is 1. The van der Waals surface area contributed by atoms with E-state index in [9.17, 15) is 4.79 Å². The Morgan fingerprint density at radius 1 is 1.33 bits per heavy atom. The van der Waals surface area contributed by atoms with E-state index in [0.29, 0.717) is 0 Å². The average Bonchev–Trinajstić information content (AvgIpc) is 2.42. The van der Waals surface area contributed by atoms with Crippen molar-refractivity contribution in [2.24, 2.45) is 5.92 Å². The standard InChI is InChI=1S/C15H22N2O/c1-2-5-12-6-3-4-7-14(12)17-15(18)13-8-10-16-11-9-13/h3-4,6-7,13,16H,2,5,8-11H2,1H3,(H,17,18). The van der Waals surface area contributed by atoms with Crippen molar-refractivity contribution >= 4 is 11.6 Å². The third kappa shape index (κ3) is 3.33. The molecule has 2 N–H and O–H groups in total. The molecular weight excluding hydrogens is 224 g/mol. The number of amides is 1. The van der Waals surface area contributed by atoms with E-state index in [0.717, 1.165) is 44.5 Å². The zero-order valence-electron chi connectivity index (χ0n) is 11.0. The summed E-state index contributed by atoms with van der Waals surface area (Å²) >= 11 is 0. The number of piperidine rings is 1. The van der Waals surface area contributed by atoms with Gasteiger partial charge in [0.1, 0.15) is 0 Å². The number of anilines is 1. The second-order valence-electron chi connectivity index (χ2n) is 4.92. The lowest BCUT2D eigenvalue weighted by atomic mass is 9.97. The van der Waals surface area contributed by atoms with Crippen LogP contribution in [0.4, 0.5) is 5.69 Å². The van der Waals surface area contributed by atoms with Gasteiger partial charge in [0.05, 0.1) is 0 Å². The molecule has 1 aromatic rings. The molecule has 0 atom stereocenters. The monoisotopic (exact) mass is 246 g/mol. The number of carbonyl (C=O) groups is 1. The SMILES string of the molecule is CCCc1ccccc1NC(=O)C1CCNCC1. The van der Waals surface area contributed by atoms with Crippen LogP contribution in [0.1, 0.15) is 31.7 Å². The van der Waals surface area contributed by atoms with Gasteiger partial charge in [-0.15, -0.1) is 0 Å². The Kier molecular flexibility index (Phi) is 4.76. The molecule has 1 saturated heterocycles. The van der Waals surface area contributed by atoms with Crippen molar-refractivity contribution in [2.45, 2.75) is 32.6 Å². The molecule has 0 bridgehead atoms. The first-order valence-corrected chi connectivity index (χ1v) is 6.90. The number of carbonyl (C=O) groups excluding carboxylic acids is 1. The average molecular weight is 246 g/mol. The maximum absolute atomic E-state index is 12.2. The summed E-state index contributed by atoms with van der Waals surface area (Å²) in [6, 6.07) is 8.12. The van der Waals surface area contributed by atoms with Crippen LogP contribution in [0.2, 0.25) is 0 Å².